The van der Waals surface area contributed by atoms with Crippen LogP contribution in [0.25, 0.3) is 0 Å². The van der Waals surface area contributed by atoms with Gasteiger partial charge in [0.15, 0.2) is 0 Å². The van der Waals surface area contributed by atoms with Gasteiger partial charge in [0.1, 0.15) is 0 Å². The zero-order chi connectivity index (χ0) is 11.3. The zero-order valence-electron chi connectivity index (χ0n) is 8.89. The van der Waals surface area contributed by atoms with Gasteiger partial charge in [-0.1, -0.05) is 6.07 Å². The van der Waals surface area contributed by atoms with E-state index in [4.69, 9.17) is 4.74 Å². The quantitative estimate of drug-likeness (QED) is 0.890. The number of methoxy groups -OCH3 is 1. The van der Waals surface area contributed by atoms with E-state index in [1.807, 2.05) is 6.07 Å². The maximum Gasteiger partial charge on any atom is 0.0613 e. The molecule has 0 aliphatic rings. The average Bonchev–Trinajstić information content (AvgIpc) is 2.20. The van der Waals surface area contributed by atoms with Crippen LogP contribution in [0.4, 0.5) is 0 Å². The topological polar surface area (TPSA) is 21.3 Å². The van der Waals surface area contributed by atoms with E-state index in [0.717, 1.165) is 22.1 Å². The van der Waals surface area contributed by atoms with E-state index in [2.05, 4.69) is 56.2 Å². The monoisotopic (exact) mass is 335 g/mol. The van der Waals surface area contributed by atoms with Crippen LogP contribution < -0.4 is 5.32 Å². The van der Waals surface area contributed by atoms with Gasteiger partial charge in [0.05, 0.1) is 6.61 Å². The summed E-state index contributed by atoms with van der Waals surface area (Å²) in [7, 11) is 1.72. The van der Waals surface area contributed by atoms with Gasteiger partial charge in [-0.05, 0) is 56.5 Å². The van der Waals surface area contributed by atoms with Gasteiger partial charge in [0, 0.05) is 28.6 Å². The van der Waals surface area contributed by atoms with E-state index in [1.165, 1.54) is 5.56 Å². The molecule has 4 heteroatoms. The summed E-state index contributed by atoms with van der Waals surface area (Å²) in [6, 6.07) is 6.62. The number of hydrogen-bond donors (Lipinski definition) is 1. The van der Waals surface area contributed by atoms with Crippen LogP contribution in [0.5, 0.6) is 0 Å². The number of ether oxygens (including phenoxy) is 1. The molecule has 1 N–H and O–H groups in total. The zero-order valence-corrected chi connectivity index (χ0v) is 12.1. The fourth-order valence-electron chi connectivity index (χ4n) is 1.25. The molecule has 0 bridgehead atoms. The Balaban J connectivity index is 2.47. The van der Waals surface area contributed by atoms with E-state index < -0.39 is 0 Å². The first-order valence-corrected chi connectivity index (χ1v) is 6.38. The molecule has 0 aromatic heterocycles. The second kappa shape index (κ2) is 6.63. The molecule has 0 radical (unpaired) electrons. The molecule has 1 rings (SSSR count). The first-order valence-electron chi connectivity index (χ1n) is 4.79. The van der Waals surface area contributed by atoms with Gasteiger partial charge < -0.3 is 10.1 Å². The molecule has 0 spiro atoms. The lowest BCUT2D eigenvalue weighted by Gasteiger charge is -2.12. The molecule has 2 nitrogen and oxygen atoms in total. The minimum absolute atomic E-state index is 0.373. The molecule has 0 saturated carbocycles. The van der Waals surface area contributed by atoms with Crippen molar-refractivity contribution < 1.29 is 4.74 Å². The molecule has 0 aliphatic heterocycles. The van der Waals surface area contributed by atoms with Crippen molar-refractivity contribution in [3.63, 3.8) is 0 Å². The van der Waals surface area contributed by atoms with Gasteiger partial charge in [0.25, 0.3) is 0 Å². The van der Waals surface area contributed by atoms with Gasteiger partial charge in [-0.3, -0.25) is 0 Å². The third-order valence-electron chi connectivity index (χ3n) is 2.06. The molecule has 84 valence electrons. The van der Waals surface area contributed by atoms with E-state index >= 15 is 0 Å². The summed E-state index contributed by atoms with van der Waals surface area (Å²) in [6.07, 6.45) is 0. The molecule has 0 amide bonds. The summed E-state index contributed by atoms with van der Waals surface area (Å²) in [6.45, 7) is 3.70. The van der Waals surface area contributed by atoms with Gasteiger partial charge in [-0.15, -0.1) is 0 Å². The summed E-state index contributed by atoms with van der Waals surface area (Å²) in [5.74, 6) is 0. The summed E-state index contributed by atoms with van der Waals surface area (Å²) >= 11 is 6.93. The molecule has 1 aromatic carbocycles. The molecule has 0 aliphatic carbocycles. The Labute approximate surface area is 108 Å². The van der Waals surface area contributed by atoms with E-state index in [1.54, 1.807) is 7.11 Å². The fourth-order valence-corrected chi connectivity index (χ4v) is 1.92. The first-order chi connectivity index (χ1) is 7.13. The molecule has 0 saturated heterocycles. The van der Waals surface area contributed by atoms with Crippen LogP contribution >= 0.6 is 31.9 Å². The minimum atomic E-state index is 0.373. The highest BCUT2D eigenvalue weighted by molar-refractivity contribution is 9.13. The van der Waals surface area contributed by atoms with Crippen molar-refractivity contribution in [3.05, 3.63) is 32.7 Å². The second-order valence-electron chi connectivity index (χ2n) is 3.49. The fraction of sp³-hybridized carbons (Fsp3) is 0.455. The van der Waals surface area contributed by atoms with Crippen molar-refractivity contribution in [2.45, 2.75) is 19.5 Å². The van der Waals surface area contributed by atoms with Crippen molar-refractivity contribution in [1.29, 1.82) is 0 Å². The van der Waals surface area contributed by atoms with Crippen LogP contribution in [0.15, 0.2) is 27.1 Å². The molecule has 1 aromatic rings. The van der Waals surface area contributed by atoms with Crippen molar-refractivity contribution in [3.8, 4) is 0 Å². The van der Waals surface area contributed by atoms with Gasteiger partial charge in [-0.2, -0.15) is 0 Å². The van der Waals surface area contributed by atoms with Crippen LogP contribution in [0.2, 0.25) is 0 Å². The SMILES string of the molecule is COC[C@@H](C)NCc1ccc(Br)c(Br)c1. The molecule has 1 atom stereocenters. The van der Waals surface area contributed by atoms with E-state index in [-0.39, 0.29) is 0 Å². The van der Waals surface area contributed by atoms with Crippen LogP contribution in [-0.2, 0) is 11.3 Å². The summed E-state index contributed by atoms with van der Waals surface area (Å²) in [4.78, 5) is 0. The number of benzene rings is 1. The second-order valence-corrected chi connectivity index (χ2v) is 5.19. The number of nitrogens with one attached hydrogen (secondary N) is 1. The Hall–Kier alpha value is 0.1000. The lowest BCUT2D eigenvalue weighted by Crippen LogP contribution is -2.29. The highest BCUT2D eigenvalue weighted by Crippen LogP contribution is 2.23. The highest BCUT2D eigenvalue weighted by atomic mass is 79.9. The molecular weight excluding hydrogens is 322 g/mol. The lowest BCUT2D eigenvalue weighted by molar-refractivity contribution is 0.171. The van der Waals surface area contributed by atoms with E-state index in [9.17, 15) is 0 Å². The van der Waals surface area contributed by atoms with Crippen LogP contribution in [0.3, 0.4) is 0 Å². The first kappa shape index (κ1) is 13.2. The van der Waals surface area contributed by atoms with Crippen LogP contribution in [-0.4, -0.2) is 19.8 Å². The summed E-state index contributed by atoms with van der Waals surface area (Å²) in [5.41, 5.74) is 1.26. The predicted octanol–water partition coefficient (Wildman–Crippen LogP) is 3.34. The summed E-state index contributed by atoms with van der Waals surface area (Å²) in [5, 5.41) is 3.39. The summed E-state index contributed by atoms with van der Waals surface area (Å²) < 4.78 is 7.22. The lowest BCUT2D eigenvalue weighted by atomic mass is 10.2. The normalized spacial score (nSPS) is 12.8. The number of halogens is 2. The maximum atomic E-state index is 5.06. The van der Waals surface area contributed by atoms with Gasteiger partial charge in [-0.25, -0.2) is 0 Å². The van der Waals surface area contributed by atoms with E-state index in [0.29, 0.717) is 6.04 Å². The highest BCUT2D eigenvalue weighted by Gasteiger charge is 2.02. The van der Waals surface area contributed by atoms with Crippen molar-refractivity contribution >= 4 is 31.9 Å². The predicted molar refractivity (Wildman–Crippen MR) is 70.0 cm³/mol. The Kier molecular flexibility index (Phi) is 5.82. The van der Waals surface area contributed by atoms with Crippen LogP contribution in [0.1, 0.15) is 12.5 Å². The van der Waals surface area contributed by atoms with Crippen molar-refractivity contribution in [2.75, 3.05) is 13.7 Å². The molecule has 0 unspecified atom stereocenters. The number of rotatable bonds is 5. The molecule has 0 fully saturated rings. The largest absolute Gasteiger partial charge is 0.383 e. The standard InChI is InChI=1S/C11H15Br2NO/c1-8(7-15-2)14-6-9-3-4-10(12)11(13)5-9/h3-5,8,14H,6-7H2,1-2H3/t8-/m1/s1. The average molecular weight is 337 g/mol. The third kappa shape index (κ3) is 4.64. The maximum absolute atomic E-state index is 5.06. The Morgan fingerprint density at radius 2 is 2.07 bits per heavy atom. The Bertz CT molecular complexity index is 317. The Morgan fingerprint density at radius 1 is 1.33 bits per heavy atom. The molecular formula is C11H15Br2NO. The minimum Gasteiger partial charge on any atom is -0.383 e. The Morgan fingerprint density at radius 3 is 2.67 bits per heavy atom. The third-order valence-corrected chi connectivity index (χ3v) is 3.93. The van der Waals surface area contributed by atoms with Gasteiger partial charge >= 0.3 is 0 Å². The van der Waals surface area contributed by atoms with Crippen molar-refractivity contribution in [1.82, 2.24) is 5.32 Å². The van der Waals surface area contributed by atoms with Gasteiger partial charge in [0.2, 0.25) is 0 Å². The molecule has 15 heavy (non-hydrogen) atoms. The van der Waals surface area contributed by atoms with Crippen molar-refractivity contribution in [2.24, 2.45) is 0 Å². The smallest absolute Gasteiger partial charge is 0.0613 e. The number of hydrogen-bond acceptors (Lipinski definition) is 2. The molecule has 0 heterocycles. The van der Waals surface area contributed by atoms with Crippen LogP contribution in [0, 0.1) is 0 Å².